The van der Waals surface area contributed by atoms with E-state index >= 15 is 0 Å². The topological polar surface area (TPSA) is 93.7 Å². The van der Waals surface area contributed by atoms with Gasteiger partial charge in [0, 0.05) is 5.69 Å². The Balaban J connectivity index is 2.14. The van der Waals surface area contributed by atoms with Gasteiger partial charge in [-0.1, -0.05) is 0 Å². The molecular formula is C18H17FN2O5. The van der Waals surface area contributed by atoms with Crippen molar-refractivity contribution in [2.24, 2.45) is 0 Å². The minimum Gasteiger partial charge on any atom is -0.465 e. The average molecular weight is 360 g/mol. The molecule has 7 nitrogen and oxygen atoms in total. The van der Waals surface area contributed by atoms with Crippen LogP contribution in [0.15, 0.2) is 42.5 Å². The molecule has 2 N–H and O–H groups in total. The zero-order valence-electron chi connectivity index (χ0n) is 14.2. The summed E-state index contributed by atoms with van der Waals surface area (Å²) in [7, 11) is 2.43. The van der Waals surface area contributed by atoms with Gasteiger partial charge in [-0.15, -0.1) is 0 Å². The molecule has 0 radical (unpaired) electrons. The van der Waals surface area contributed by atoms with Gasteiger partial charge in [0.1, 0.15) is 5.82 Å². The van der Waals surface area contributed by atoms with Crippen LogP contribution in [-0.2, 0) is 14.3 Å². The second-order valence-corrected chi connectivity index (χ2v) is 5.15. The number of hydrogen-bond donors (Lipinski definition) is 2. The van der Waals surface area contributed by atoms with Crippen molar-refractivity contribution in [1.82, 2.24) is 0 Å². The lowest BCUT2D eigenvalue weighted by Gasteiger charge is -2.12. The van der Waals surface area contributed by atoms with Crippen molar-refractivity contribution in [3.8, 4) is 0 Å². The zero-order chi connectivity index (χ0) is 19.1. The summed E-state index contributed by atoms with van der Waals surface area (Å²) in [6, 6.07) is 9.57. The Bertz CT molecular complexity index is 821. The van der Waals surface area contributed by atoms with E-state index < -0.39 is 17.8 Å². The molecule has 0 aliphatic rings. The first-order valence-corrected chi connectivity index (χ1v) is 7.54. The summed E-state index contributed by atoms with van der Waals surface area (Å²) in [5, 5.41) is 5.36. The van der Waals surface area contributed by atoms with E-state index in [0.29, 0.717) is 5.69 Å². The van der Waals surface area contributed by atoms with E-state index in [1.54, 1.807) is 0 Å². The third kappa shape index (κ3) is 4.79. The lowest BCUT2D eigenvalue weighted by molar-refractivity contribution is -0.114. The van der Waals surface area contributed by atoms with E-state index in [-0.39, 0.29) is 29.2 Å². The highest BCUT2D eigenvalue weighted by Crippen LogP contribution is 2.20. The van der Waals surface area contributed by atoms with Crippen LogP contribution in [0.2, 0.25) is 0 Å². The first kappa shape index (κ1) is 18.9. The fourth-order valence-corrected chi connectivity index (χ4v) is 2.12. The molecule has 0 aliphatic heterocycles. The number of carbonyl (C=O) groups is 3. The number of esters is 2. The van der Waals surface area contributed by atoms with Crippen LogP contribution in [0.4, 0.5) is 15.8 Å². The third-order valence-electron chi connectivity index (χ3n) is 3.42. The number of anilines is 2. The predicted molar refractivity (Wildman–Crippen MR) is 92.6 cm³/mol. The molecule has 0 saturated heterocycles. The lowest BCUT2D eigenvalue weighted by Crippen LogP contribution is -2.23. The largest absolute Gasteiger partial charge is 0.465 e. The maximum atomic E-state index is 12.9. The Morgan fingerprint density at radius 1 is 0.962 bits per heavy atom. The molecule has 26 heavy (non-hydrogen) atoms. The second kappa shape index (κ2) is 8.61. The molecule has 0 aromatic heterocycles. The van der Waals surface area contributed by atoms with E-state index in [1.165, 1.54) is 56.7 Å². The Morgan fingerprint density at radius 3 is 2.23 bits per heavy atom. The summed E-state index contributed by atoms with van der Waals surface area (Å²) < 4.78 is 22.2. The van der Waals surface area contributed by atoms with Crippen LogP contribution in [0.5, 0.6) is 0 Å². The Labute approximate surface area is 149 Å². The molecule has 0 aliphatic carbocycles. The van der Waals surface area contributed by atoms with Crippen molar-refractivity contribution in [2.45, 2.75) is 0 Å². The lowest BCUT2D eigenvalue weighted by atomic mass is 10.1. The summed E-state index contributed by atoms with van der Waals surface area (Å²) >= 11 is 0. The number of carbonyl (C=O) groups excluding carboxylic acids is 3. The fourth-order valence-electron chi connectivity index (χ4n) is 2.12. The van der Waals surface area contributed by atoms with Crippen LogP contribution in [-0.4, -0.2) is 38.6 Å². The number of rotatable bonds is 6. The van der Waals surface area contributed by atoms with Gasteiger partial charge < -0.3 is 20.1 Å². The highest BCUT2D eigenvalue weighted by molar-refractivity contribution is 6.04. The number of methoxy groups -OCH3 is 2. The minimum atomic E-state index is -0.664. The van der Waals surface area contributed by atoms with Gasteiger partial charge in [0.15, 0.2) is 0 Å². The summed E-state index contributed by atoms with van der Waals surface area (Å²) in [5.74, 6) is -2.13. The molecule has 0 fully saturated rings. The maximum absolute atomic E-state index is 12.9. The third-order valence-corrected chi connectivity index (χ3v) is 3.42. The zero-order valence-corrected chi connectivity index (χ0v) is 14.2. The standard InChI is InChI=1S/C18H17FN2O5/c1-25-17(23)11-3-8-14(18(24)26-2)15(9-11)21-16(22)10-20-13-6-4-12(19)5-7-13/h3-9,20H,10H2,1-2H3,(H,21,22). The smallest absolute Gasteiger partial charge is 0.339 e. The van der Waals surface area contributed by atoms with Crippen molar-refractivity contribution in [2.75, 3.05) is 31.4 Å². The first-order chi connectivity index (χ1) is 12.4. The molecule has 2 rings (SSSR count). The van der Waals surface area contributed by atoms with Gasteiger partial charge in [-0.2, -0.15) is 0 Å². The fraction of sp³-hybridized carbons (Fsp3) is 0.167. The number of nitrogens with one attached hydrogen (secondary N) is 2. The van der Waals surface area contributed by atoms with Crippen molar-refractivity contribution in [1.29, 1.82) is 0 Å². The quantitative estimate of drug-likeness (QED) is 0.769. The second-order valence-electron chi connectivity index (χ2n) is 5.15. The molecule has 1 amide bonds. The monoisotopic (exact) mass is 360 g/mol. The van der Waals surface area contributed by atoms with Crippen molar-refractivity contribution in [3.05, 3.63) is 59.4 Å². The van der Waals surface area contributed by atoms with Gasteiger partial charge in [0.25, 0.3) is 0 Å². The van der Waals surface area contributed by atoms with Gasteiger partial charge in [0.05, 0.1) is 37.6 Å². The summed E-state index contributed by atoms with van der Waals surface area (Å²) in [6.45, 7) is -0.130. The summed E-state index contributed by atoms with van der Waals surface area (Å²) in [6.07, 6.45) is 0. The molecule has 0 atom stereocenters. The summed E-state index contributed by atoms with van der Waals surface area (Å²) in [4.78, 5) is 35.6. The van der Waals surface area contributed by atoms with Gasteiger partial charge >= 0.3 is 11.9 Å². The molecule has 8 heteroatoms. The number of amides is 1. The van der Waals surface area contributed by atoms with Crippen LogP contribution in [0.25, 0.3) is 0 Å². The van der Waals surface area contributed by atoms with Crippen molar-refractivity contribution < 1.29 is 28.2 Å². The maximum Gasteiger partial charge on any atom is 0.339 e. The van der Waals surface area contributed by atoms with Gasteiger partial charge in [-0.3, -0.25) is 4.79 Å². The van der Waals surface area contributed by atoms with Gasteiger partial charge in [0.2, 0.25) is 5.91 Å². The van der Waals surface area contributed by atoms with E-state index in [0.717, 1.165) is 0 Å². The van der Waals surface area contributed by atoms with E-state index in [2.05, 4.69) is 20.1 Å². The Hall–Kier alpha value is -3.42. The Kier molecular flexibility index (Phi) is 6.26. The van der Waals surface area contributed by atoms with Crippen molar-refractivity contribution >= 4 is 29.2 Å². The molecule has 0 bridgehead atoms. The highest BCUT2D eigenvalue weighted by Gasteiger charge is 2.17. The number of ether oxygens (including phenoxy) is 2. The number of benzene rings is 2. The van der Waals surface area contributed by atoms with Crippen LogP contribution < -0.4 is 10.6 Å². The minimum absolute atomic E-state index is 0.0929. The number of halogens is 1. The van der Waals surface area contributed by atoms with E-state index in [4.69, 9.17) is 0 Å². The SMILES string of the molecule is COC(=O)c1ccc(C(=O)OC)c(NC(=O)CNc2ccc(F)cc2)c1. The van der Waals surface area contributed by atoms with E-state index in [1.807, 2.05) is 0 Å². The Morgan fingerprint density at radius 2 is 1.62 bits per heavy atom. The van der Waals surface area contributed by atoms with E-state index in [9.17, 15) is 18.8 Å². The summed E-state index contributed by atoms with van der Waals surface area (Å²) in [5.41, 5.74) is 0.931. The van der Waals surface area contributed by atoms with Gasteiger partial charge in [-0.05, 0) is 42.5 Å². The van der Waals surface area contributed by atoms with Crippen LogP contribution in [0.3, 0.4) is 0 Å². The first-order valence-electron chi connectivity index (χ1n) is 7.54. The average Bonchev–Trinajstić information content (AvgIpc) is 2.66. The molecule has 2 aromatic rings. The normalized spacial score (nSPS) is 9.96. The predicted octanol–water partition coefficient (Wildman–Crippen LogP) is 2.45. The molecule has 0 saturated carbocycles. The number of hydrogen-bond acceptors (Lipinski definition) is 6. The van der Waals surface area contributed by atoms with Crippen LogP contribution in [0, 0.1) is 5.82 Å². The van der Waals surface area contributed by atoms with Gasteiger partial charge in [-0.25, -0.2) is 14.0 Å². The molecule has 0 unspecified atom stereocenters. The molecule has 0 spiro atoms. The van der Waals surface area contributed by atoms with Crippen molar-refractivity contribution in [3.63, 3.8) is 0 Å². The molecule has 2 aromatic carbocycles. The molecule has 136 valence electrons. The highest BCUT2D eigenvalue weighted by atomic mass is 19.1. The molecular weight excluding hydrogens is 343 g/mol. The van der Waals surface area contributed by atoms with Crippen LogP contribution in [0.1, 0.15) is 20.7 Å². The van der Waals surface area contributed by atoms with Crippen LogP contribution >= 0.6 is 0 Å². The molecule has 0 heterocycles.